The maximum Gasteiger partial charge on any atom is 0.180 e. The van der Waals surface area contributed by atoms with Crippen LogP contribution in [-0.4, -0.2) is 40.5 Å². The third kappa shape index (κ3) is 3.23. The molecule has 0 unspecified atom stereocenters. The largest absolute Gasteiger partial charge is 0.508 e. The lowest BCUT2D eigenvalue weighted by atomic mass is 10.1. The van der Waals surface area contributed by atoms with Crippen molar-refractivity contribution in [1.82, 2.24) is 4.90 Å². The molecule has 1 aromatic rings. The Balaban J connectivity index is 2.00. The smallest absolute Gasteiger partial charge is 0.180 e. The zero-order chi connectivity index (χ0) is 13.1. The number of hydrogen-bond acceptors (Lipinski definition) is 4. The molecular weight excluding hydrogens is 230 g/mol. The summed E-state index contributed by atoms with van der Waals surface area (Å²) >= 11 is 0. The van der Waals surface area contributed by atoms with Crippen LogP contribution < -0.4 is 0 Å². The number of hydrogen-bond donors (Lipinski definition) is 2. The Kier molecular flexibility index (Phi) is 3.87. The first-order valence-electron chi connectivity index (χ1n) is 6.37. The number of benzene rings is 1. The van der Waals surface area contributed by atoms with Gasteiger partial charge in [-0.15, -0.1) is 0 Å². The lowest BCUT2D eigenvalue weighted by Gasteiger charge is -2.19. The summed E-state index contributed by atoms with van der Waals surface area (Å²) in [4.78, 5) is 14.2. The lowest BCUT2D eigenvalue weighted by molar-refractivity contribution is 0.0928. The molecule has 1 saturated carbocycles. The number of aromatic hydroxyl groups is 2. The van der Waals surface area contributed by atoms with Gasteiger partial charge in [-0.3, -0.25) is 9.69 Å². The Morgan fingerprint density at radius 1 is 1.39 bits per heavy atom. The van der Waals surface area contributed by atoms with E-state index in [1.54, 1.807) is 0 Å². The van der Waals surface area contributed by atoms with Gasteiger partial charge in [-0.2, -0.15) is 0 Å². The van der Waals surface area contributed by atoms with Crippen LogP contribution in [0.4, 0.5) is 0 Å². The van der Waals surface area contributed by atoms with Crippen molar-refractivity contribution in [3.05, 3.63) is 23.8 Å². The first-order chi connectivity index (χ1) is 8.60. The van der Waals surface area contributed by atoms with Crippen molar-refractivity contribution in [3.8, 4) is 11.5 Å². The highest BCUT2D eigenvalue weighted by atomic mass is 16.3. The number of phenols is 2. The normalized spacial score (nSPS) is 15.0. The average molecular weight is 249 g/mol. The van der Waals surface area contributed by atoms with E-state index in [-0.39, 0.29) is 22.8 Å². The van der Waals surface area contributed by atoms with E-state index in [1.165, 1.54) is 31.0 Å². The van der Waals surface area contributed by atoms with E-state index in [4.69, 9.17) is 0 Å². The fourth-order valence-electron chi connectivity index (χ4n) is 2.02. The SMILES string of the molecule is CCN(CC(=O)c1ccc(O)cc1O)CC1CC1. The summed E-state index contributed by atoms with van der Waals surface area (Å²) in [6, 6.07) is 4.09. The quantitative estimate of drug-likeness (QED) is 0.757. The van der Waals surface area contributed by atoms with Crippen molar-refractivity contribution in [2.75, 3.05) is 19.6 Å². The lowest BCUT2D eigenvalue weighted by Crippen LogP contribution is -2.31. The summed E-state index contributed by atoms with van der Waals surface area (Å²) in [5.41, 5.74) is 0.280. The molecule has 98 valence electrons. The van der Waals surface area contributed by atoms with Crippen LogP contribution in [0.5, 0.6) is 11.5 Å². The molecule has 0 aromatic heterocycles. The summed E-state index contributed by atoms with van der Waals surface area (Å²) in [6.07, 6.45) is 2.52. The van der Waals surface area contributed by atoms with Gasteiger partial charge in [0.25, 0.3) is 0 Å². The topological polar surface area (TPSA) is 60.8 Å². The zero-order valence-electron chi connectivity index (χ0n) is 10.6. The molecule has 1 fully saturated rings. The average Bonchev–Trinajstić information content (AvgIpc) is 3.11. The first-order valence-corrected chi connectivity index (χ1v) is 6.37. The summed E-state index contributed by atoms with van der Waals surface area (Å²) in [7, 11) is 0. The van der Waals surface area contributed by atoms with E-state index in [0.717, 1.165) is 19.0 Å². The van der Waals surface area contributed by atoms with Gasteiger partial charge in [0.1, 0.15) is 11.5 Å². The number of rotatable bonds is 6. The minimum absolute atomic E-state index is 0.0330. The van der Waals surface area contributed by atoms with Gasteiger partial charge in [0, 0.05) is 12.6 Å². The third-order valence-electron chi connectivity index (χ3n) is 3.31. The van der Waals surface area contributed by atoms with Crippen LogP contribution in [0.25, 0.3) is 0 Å². The summed E-state index contributed by atoms with van der Waals surface area (Å²) in [6.45, 7) is 4.15. The van der Waals surface area contributed by atoms with Crippen molar-refractivity contribution in [2.45, 2.75) is 19.8 Å². The molecule has 0 spiro atoms. The molecule has 0 radical (unpaired) electrons. The van der Waals surface area contributed by atoms with Gasteiger partial charge < -0.3 is 10.2 Å². The number of phenolic OH excluding ortho intramolecular Hbond substituents is 2. The van der Waals surface area contributed by atoms with Crippen molar-refractivity contribution < 1.29 is 15.0 Å². The number of likely N-dealkylation sites (N-methyl/N-ethyl adjacent to an activating group) is 1. The number of ketones is 1. The van der Waals surface area contributed by atoms with Gasteiger partial charge >= 0.3 is 0 Å². The summed E-state index contributed by atoms with van der Waals surface area (Å²) in [5.74, 6) is 0.456. The Bertz CT molecular complexity index is 441. The fourth-order valence-corrected chi connectivity index (χ4v) is 2.02. The predicted octanol–water partition coefficient (Wildman–Crippen LogP) is 2.01. The van der Waals surface area contributed by atoms with E-state index in [2.05, 4.69) is 4.90 Å². The number of nitrogens with zero attached hydrogens (tertiary/aromatic N) is 1. The van der Waals surface area contributed by atoms with Crippen LogP contribution in [0.3, 0.4) is 0 Å². The van der Waals surface area contributed by atoms with Crippen LogP contribution in [0.1, 0.15) is 30.1 Å². The molecule has 4 nitrogen and oxygen atoms in total. The van der Waals surface area contributed by atoms with Crippen molar-refractivity contribution >= 4 is 5.78 Å². The van der Waals surface area contributed by atoms with E-state index in [1.807, 2.05) is 6.92 Å². The maximum atomic E-state index is 12.1. The van der Waals surface area contributed by atoms with Gasteiger partial charge in [0.15, 0.2) is 5.78 Å². The van der Waals surface area contributed by atoms with Crippen LogP contribution >= 0.6 is 0 Å². The fraction of sp³-hybridized carbons (Fsp3) is 0.500. The van der Waals surface area contributed by atoms with E-state index in [0.29, 0.717) is 6.54 Å². The molecule has 0 atom stereocenters. The van der Waals surface area contributed by atoms with Crippen molar-refractivity contribution in [2.24, 2.45) is 5.92 Å². The molecule has 2 N–H and O–H groups in total. The Hall–Kier alpha value is -1.55. The highest BCUT2D eigenvalue weighted by Crippen LogP contribution is 2.30. The van der Waals surface area contributed by atoms with Gasteiger partial charge in [-0.1, -0.05) is 6.92 Å². The summed E-state index contributed by atoms with van der Waals surface area (Å²) in [5, 5.41) is 18.8. The van der Waals surface area contributed by atoms with Gasteiger partial charge in [-0.25, -0.2) is 0 Å². The number of carbonyl (C=O) groups is 1. The minimum Gasteiger partial charge on any atom is -0.508 e. The molecular formula is C14H19NO3. The monoisotopic (exact) mass is 249 g/mol. The maximum absolute atomic E-state index is 12.1. The molecule has 1 aliphatic rings. The van der Waals surface area contributed by atoms with Crippen LogP contribution in [-0.2, 0) is 0 Å². The van der Waals surface area contributed by atoms with E-state index in [9.17, 15) is 15.0 Å². The Morgan fingerprint density at radius 2 is 2.11 bits per heavy atom. The molecule has 0 aliphatic heterocycles. The molecule has 2 rings (SSSR count). The highest BCUT2D eigenvalue weighted by Gasteiger charge is 2.25. The third-order valence-corrected chi connectivity index (χ3v) is 3.31. The number of Topliss-reactive ketones (excluding diaryl/α,β-unsaturated/α-hetero) is 1. The zero-order valence-corrected chi connectivity index (χ0v) is 10.6. The van der Waals surface area contributed by atoms with Gasteiger partial charge in [0.2, 0.25) is 0 Å². The van der Waals surface area contributed by atoms with Gasteiger partial charge in [-0.05, 0) is 37.4 Å². The van der Waals surface area contributed by atoms with E-state index >= 15 is 0 Å². The minimum atomic E-state index is -0.150. The Labute approximate surface area is 107 Å². The second-order valence-corrected chi connectivity index (χ2v) is 4.90. The first kappa shape index (κ1) is 12.9. The molecule has 1 aromatic carbocycles. The van der Waals surface area contributed by atoms with Crippen molar-refractivity contribution in [3.63, 3.8) is 0 Å². The van der Waals surface area contributed by atoms with Crippen LogP contribution in [0.2, 0.25) is 0 Å². The second-order valence-electron chi connectivity index (χ2n) is 4.90. The molecule has 4 heteroatoms. The van der Waals surface area contributed by atoms with E-state index < -0.39 is 0 Å². The highest BCUT2D eigenvalue weighted by molar-refractivity contribution is 6.00. The molecule has 0 amide bonds. The molecule has 1 aliphatic carbocycles. The predicted molar refractivity (Wildman–Crippen MR) is 68.9 cm³/mol. The molecule has 0 heterocycles. The summed E-state index contributed by atoms with van der Waals surface area (Å²) < 4.78 is 0. The molecule has 18 heavy (non-hydrogen) atoms. The van der Waals surface area contributed by atoms with Crippen molar-refractivity contribution in [1.29, 1.82) is 0 Å². The second kappa shape index (κ2) is 5.40. The van der Waals surface area contributed by atoms with Gasteiger partial charge in [0.05, 0.1) is 12.1 Å². The standard InChI is InChI=1S/C14H19NO3/c1-2-15(8-10-3-4-10)9-14(18)12-6-5-11(16)7-13(12)17/h5-7,10,16-17H,2-4,8-9H2,1H3. The Morgan fingerprint density at radius 3 is 2.67 bits per heavy atom. The number of carbonyl (C=O) groups excluding carboxylic acids is 1. The van der Waals surface area contributed by atoms with Crippen LogP contribution in [0, 0.1) is 5.92 Å². The molecule has 0 bridgehead atoms. The van der Waals surface area contributed by atoms with Crippen LogP contribution in [0.15, 0.2) is 18.2 Å². The molecule has 0 saturated heterocycles.